The van der Waals surface area contributed by atoms with E-state index in [0.29, 0.717) is 22.4 Å². The molecule has 2 heterocycles. The molecule has 2 N–H and O–H groups in total. The highest BCUT2D eigenvalue weighted by atomic mass is 19.1. The Kier molecular flexibility index (Phi) is 3.81. The molecule has 0 saturated heterocycles. The predicted octanol–water partition coefficient (Wildman–Crippen LogP) is 4.95. The van der Waals surface area contributed by atoms with Gasteiger partial charge in [0, 0.05) is 33.8 Å². The Morgan fingerprint density at radius 1 is 1.17 bits per heavy atom. The molecule has 0 radical (unpaired) electrons. The average Bonchev–Trinajstić information content (AvgIpc) is 3.09. The first-order valence-electron chi connectivity index (χ1n) is 9.05. The molecule has 29 heavy (non-hydrogen) atoms. The number of carbonyl (C=O) groups is 1. The summed E-state index contributed by atoms with van der Waals surface area (Å²) in [5.74, 6) is -0.832. The van der Waals surface area contributed by atoms with Crippen LogP contribution in [0.1, 0.15) is 27.6 Å². The van der Waals surface area contributed by atoms with E-state index in [1.807, 2.05) is 18.2 Å². The van der Waals surface area contributed by atoms with Crippen LogP contribution < -0.4 is 4.74 Å². The third-order valence-corrected chi connectivity index (χ3v) is 5.22. The van der Waals surface area contributed by atoms with Gasteiger partial charge < -0.3 is 19.6 Å². The minimum atomic E-state index is -0.668. The van der Waals surface area contributed by atoms with Crippen LogP contribution in [-0.2, 0) is 4.74 Å². The number of aromatic hydroxyl groups is 1. The van der Waals surface area contributed by atoms with Crippen molar-refractivity contribution in [3.05, 3.63) is 83.3 Å². The highest BCUT2D eigenvalue weighted by Gasteiger charge is 2.31. The molecule has 5 rings (SSSR count). The van der Waals surface area contributed by atoms with Crippen LogP contribution in [-0.4, -0.2) is 23.2 Å². The minimum absolute atomic E-state index is 0.0283. The molecule has 0 saturated carbocycles. The van der Waals surface area contributed by atoms with Crippen LogP contribution in [0, 0.1) is 5.82 Å². The maximum Gasteiger partial charge on any atom is 0.342 e. The van der Waals surface area contributed by atoms with Crippen molar-refractivity contribution >= 4 is 16.9 Å². The number of rotatable bonds is 2. The van der Waals surface area contributed by atoms with E-state index in [0.717, 1.165) is 16.5 Å². The van der Waals surface area contributed by atoms with E-state index in [-0.39, 0.29) is 17.1 Å². The molecule has 4 aromatic rings. The van der Waals surface area contributed by atoms with Crippen LogP contribution in [0.15, 0.2) is 60.8 Å². The molecular formula is C23H16FNO4. The quantitative estimate of drug-likeness (QED) is 0.476. The number of esters is 1. The smallest absolute Gasteiger partial charge is 0.342 e. The van der Waals surface area contributed by atoms with E-state index >= 15 is 0 Å². The summed E-state index contributed by atoms with van der Waals surface area (Å²) >= 11 is 0. The summed E-state index contributed by atoms with van der Waals surface area (Å²) in [5.41, 5.74) is 3.49. The molecule has 0 aliphatic carbocycles. The molecular weight excluding hydrogens is 373 g/mol. The Hall–Kier alpha value is -3.80. The molecule has 1 atom stereocenters. The Bertz CT molecular complexity index is 1280. The van der Waals surface area contributed by atoms with Gasteiger partial charge in [-0.05, 0) is 35.9 Å². The van der Waals surface area contributed by atoms with Gasteiger partial charge >= 0.3 is 5.97 Å². The Morgan fingerprint density at radius 3 is 2.79 bits per heavy atom. The summed E-state index contributed by atoms with van der Waals surface area (Å²) in [4.78, 5) is 15.7. The fourth-order valence-electron chi connectivity index (χ4n) is 3.98. The molecule has 0 spiro atoms. The third kappa shape index (κ3) is 2.56. The maximum atomic E-state index is 14.0. The fraction of sp³-hybridized carbons (Fsp3) is 0.0870. The molecule has 1 aliphatic rings. The summed E-state index contributed by atoms with van der Waals surface area (Å²) in [6.45, 7) is 0. The van der Waals surface area contributed by atoms with Crippen molar-refractivity contribution in [3.63, 3.8) is 0 Å². The number of benzene rings is 3. The van der Waals surface area contributed by atoms with E-state index < -0.39 is 12.1 Å². The van der Waals surface area contributed by atoms with Crippen molar-refractivity contribution in [3.8, 4) is 22.6 Å². The number of hydrogen-bond donors (Lipinski definition) is 2. The molecule has 1 aromatic heterocycles. The summed E-state index contributed by atoms with van der Waals surface area (Å²) < 4.78 is 25.2. The van der Waals surface area contributed by atoms with Gasteiger partial charge in [0.1, 0.15) is 29.0 Å². The molecule has 6 heteroatoms. The molecule has 3 aromatic carbocycles. The van der Waals surface area contributed by atoms with Gasteiger partial charge in [-0.2, -0.15) is 0 Å². The van der Waals surface area contributed by atoms with Crippen molar-refractivity contribution in [1.82, 2.24) is 4.98 Å². The monoisotopic (exact) mass is 389 g/mol. The lowest BCUT2D eigenvalue weighted by molar-refractivity contribution is 0.0598. The number of hydrogen-bond acceptors (Lipinski definition) is 4. The number of halogens is 1. The van der Waals surface area contributed by atoms with E-state index in [1.54, 1.807) is 24.4 Å². The van der Waals surface area contributed by atoms with Crippen molar-refractivity contribution in [2.45, 2.75) is 6.10 Å². The summed E-state index contributed by atoms with van der Waals surface area (Å²) in [6.07, 6.45) is 1.18. The van der Waals surface area contributed by atoms with Crippen molar-refractivity contribution in [1.29, 1.82) is 0 Å². The lowest BCUT2D eigenvalue weighted by Gasteiger charge is -2.21. The van der Waals surface area contributed by atoms with Gasteiger partial charge in [0.15, 0.2) is 0 Å². The second-order valence-corrected chi connectivity index (χ2v) is 6.85. The number of ether oxygens (including phenoxy) is 2. The van der Waals surface area contributed by atoms with Crippen LogP contribution in [0.25, 0.3) is 22.0 Å². The number of methoxy groups -OCH3 is 1. The number of nitrogens with one attached hydrogen (secondary N) is 1. The summed E-state index contributed by atoms with van der Waals surface area (Å²) in [6, 6.07) is 15.0. The molecule has 144 valence electrons. The normalized spacial score (nSPS) is 14.8. The zero-order valence-electron chi connectivity index (χ0n) is 15.4. The standard InChI is InChI=1S/C23H16FNO4/c1-28-23(27)21-17(26)8-9-18-20(21)15-11-25-16-7-3-6-14(19(15)16)22(29-18)12-4-2-5-13(24)10-12/h2-11,22,25-26H,1H3/t22-/m1/s1. The average molecular weight is 389 g/mol. The zero-order valence-corrected chi connectivity index (χ0v) is 15.4. The largest absolute Gasteiger partial charge is 0.507 e. The first kappa shape index (κ1) is 17.3. The lowest BCUT2D eigenvalue weighted by Crippen LogP contribution is -2.10. The van der Waals surface area contributed by atoms with Gasteiger partial charge in [0.25, 0.3) is 0 Å². The van der Waals surface area contributed by atoms with Gasteiger partial charge in [-0.15, -0.1) is 0 Å². The first-order valence-corrected chi connectivity index (χ1v) is 9.05. The Labute approximate surface area is 165 Å². The van der Waals surface area contributed by atoms with Crippen LogP contribution in [0.3, 0.4) is 0 Å². The zero-order chi connectivity index (χ0) is 20.1. The van der Waals surface area contributed by atoms with Crippen LogP contribution in [0.5, 0.6) is 11.5 Å². The predicted molar refractivity (Wildman–Crippen MR) is 106 cm³/mol. The van der Waals surface area contributed by atoms with E-state index in [4.69, 9.17) is 9.47 Å². The first-order chi connectivity index (χ1) is 14.1. The molecule has 5 nitrogen and oxygen atoms in total. The molecule has 0 amide bonds. The Balaban J connectivity index is 1.87. The van der Waals surface area contributed by atoms with Crippen LogP contribution in [0.4, 0.5) is 4.39 Å². The molecule has 0 unspecified atom stereocenters. The van der Waals surface area contributed by atoms with E-state index in [1.165, 1.54) is 25.3 Å². The molecule has 1 aliphatic heterocycles. The number of carbonyl (C=O) groups excluding carboxylic acids is 1. The number of phenols is 1. The van der Waals surface area contributed by atoms with Gasteiger partial charge in [-0.3, -0.25) is 0 Å². The van der Waals surface area contributed by atoms with E-state index in [9.17, 15) is 14.3 Å². The second-order valence-electron chi connectivity index (χ2n) is 6.85. The van der Waals surface area contributed by atoms with Gasteiger partial charge in [-0.1, -0.05) is 24.3 Å². The van der Waals surface area contributed by atoms with Gasteiger partial charge in [0.05, 0.1) is 7.11 Å². The van der Waals surface area contributed by atoms with Gasteiger partial charge in [0.2, 0.25) is 0 Å². The van der Waals surface area contributed by atoms with Crippen molar-refractivity contribution < 1.29 is 23.8 Å². The Morgan fingerprint density at radius 2 is 2.00 bits per heavy atom. The lowest BCUT2D eigenvalue weighted by atomic mass is 9.93. The van der Waals surface area contributed by atoms with Gasteiger partial charge in [-0.25, -0.2) is 9.18 Å². The SMILES string of the molecule is COC(=O)c1c(O)ccc2c1-c1c[nH]c3cccc(c13)[C@@H](c1cccc(F)c1)O2. The van der Waals surface area contributed by atoms with Crippen molar-refractivity contribution in [2.24, 2.45) is 0 Å². The molecule has 0 fully saturated rings. The van der Waals surface area contributed by atoms with Crippen LogP contribution >= 0.6 is 0 Å². The topological polar surface area (TPSA) is 71.5 Å². The number of H-pyrrole nitrogens is 1. The second kappa shape index (κ2) is 6.38. The maximum absolute atomic E-state index is 14.0. The number of aromatic nitrogens is 1. The fourth-order valence-corrected chi connectivity index (χ4v) is 3.98. The number of phenolic OH excluding ortho intramolecular Hbond substituents is 1. The molecule has 0 bridgehead atoms. The van der Waals surface area contributed by atoms with E-state index in [2.05, 4.69) is 4.98 Å². The highest BCUT2D eigenvalue weighted by Crippen LogP contribution is 2.48. The van der Waals surface area contributed by atoms with Crippen molar-refractivity contribution in [2.75, 3.05) is 7.11 Å². The third-order valence-electron chi connectivity index (χ3n) is 5.22. The minimum Gasteiger partial charge on any atom is -0.507 e. The summed E-state index contributed by atoms with van der Waals surface area (Å²) in [5, 5.41) is 11.2. The highest BCUT2D eigenvalue weighted by molar-refractivity contribution is 6.08. The number of aromatic amines is 1. The van der Waals surface area contributed by atoms with Crippen LogP contribution in [0.2, 0.25) is 0 Å². The summed E-state index contributed by atoms with van der Waals surface area (Å²) in [7, 11) is 1.26. The number of fused-ring (bicyclic) bond motifs is 2.